The van der Waals surface area contributed by atoms with Crippen molar-refractivity contribution in [3.05, 3.63) is 177 Å². The first-order chi connectivity index (χ1) is 27.5. The summed E-state index contributed by atoms with van der Waals surface area (Å²) in [6.45, 7) is 0. The van der Waals surface area contributed by atoms with Gasteiger partial charge in [0, 0.05) is 55.8 Å². The summed E-state index contributed by atoms with van der Waals surface area (Å²) in [4.78, 5) is 7.87. The van der Waals surface area contributed by atoms with Crippen molar-refractivity contribution in [1.82, 2.24) is 20.6 Å². The summed E-state index contributed by atoms with van der Waals surface area (Å²) < 4.78 is 22.3. The van der Waals surface area contributed by atoms with Gasteiger partial charge in [0.05, 0.1) is 40.5 Å². The maximum Gasteiger partial charge on any atom is 0.118 e. The third-order valence-corrected chi connectivity index (χ3v) is 11.4. The van der Waals surface area contributed by atoms with E-state index >= 15 is 0 Å². The van der Waals surface area contributed by atoms with Crippen molar-refractivity contribution in [2.45, 2.75) is 37.8 Å². The molecule has 9 rings (SSSR count). The Bertz CT molecular complexity index is 2380. The van der Waals surface area contributed by atoms with E-state index in [1.54, 1.807) is 28.4 Å². The molecule has 0 amide bonds. The van der Waals surface area contributed by atoms with Crippen LogP contribution in [0.15, 0.2) is 133 Å². The number of H-pyrrole nitrogens is 2. The summed E-state index contributed by atoms with van der Waals surface area (Å²) in [5.74, 6) is 3.32. The molecule has 5 heterocycles. The van der Waals surface area contributed by atoms with E-state index in [1.807, 2.05) is 48.5 Å². The predicted molar refractivity (Wildman–Crippen MR) is 222 cm³/mol. The monoisotopic (exact) mass is 742 g/mol. The lowest BCUT2D eigenvalue weighted by Gasteiger charge is -2.20. The Morgan fingerprint density at radius 3 is 1.07 bits per heavy atom. The van der Waals surface area contributed by atoms with Gasteiger partial charge in [0.15, 0.2) is 0 Å². The number of benzene rings is 4. The summed E-state index contributed by atoms with van der Waals surface area (Å²) in [5.41, 5.74) is 13.8. The van der Waals surface area contributed by atoms with Gasteiger partial charge in [0.25, 0.3) is 0 Å². The molecule has 3 aliphatic heterocycles. The molecule has 8 bridgehead atoms. The predicted octanol–water partition coefficient (Wildman–Crippen LogP) is 7.51. The van der Waals surface area contributed by atoms with E-state index in [4.69, 9.17) is 18.9 Å². The Kier molecular flexibility index (Phi) is 9.39. The van der Waals surface area contributed by atoms with Crippen molar-refractivity contribution in [3.8, 4) is 23.0 Å². The number of aromatic nitrogens is 2. The first-order valence-corrected chi connectivity index (χ1v) is 19.2. The van der Waals surface area contributed by atoms with E-state index in [0.29, 0.717) is 0 Å². The van der Waals surface area contributed by atoms with Crippen LogP contribution in [0.4, 0.5) is 0 Å². The zero-order valence-corrected chi connectivity index (χ0v) is 32.2. The second-order valence-electron chi connectivity index (χ2n) is 14.5. The lowest BCUT2D eigenvalue weighted by atomic mass is 9.96. The topological polar surface area (TPSA) is 92.6 Å². The highest BCUT2D eigenvalue weighted by molar-refractivity contribution is 5.86. The second-order valence-corrected chi connectivity index (χ2v) is 14.5. The van der Waals surface area contributed by atoms with E-state index in [1.165, 1.54) is 22.5 Å². The summed E-state index contributed by atoms with van der Waals surface area (Å²) in [5, 5.41) is 10.3. The maximum atomic E-state index is 5.57. The molecule has 0 saturated carbocycles. The van der Waals surface area contributed by atoms with Crippen molar-refractivity contribution in [3.63, 3.8) is 0 Å². The number of allylic oxidation sites excluding steroid dienone is 2. The molecule has 2 aromatic heterocycles. The summed E-state index contributed by atoms with van der Waals surface area (Å²) in [7, 11) is 6.84. The lowest BCUT2D eigenvalue weighted by molar-refractivity contribution is 0.414. The summed E-state index contributed by atoms with van der Waals surface area (Å²) in [6, 6.07) is 42.7. The highest BCUT2D eigenvalue weighted by Crippen LogP contribution is 2.39. The zero-order valence-electron chi connectivity index (χ0n) is 32.2. The molecule has 282 valence electrons. The molecule has 2 unspecified atom stereocenters. The lowest BCUT2D eigenvalue weighted by Crippen LogP contribution is -2.31. The number of rotatable bonds is 8. The van der Waals surface area contributed by atoms with Crippen molar-refractivity contribution in [1.29, 1.82) is 0 Å². The molecule has 0 aliphatic carbocycles. The standard InChI is InChI=1S/C48H46N4O4/c1-53-33-13-5-29(6-14-33)45-37-21-23-39(49-37)46(30-7-15-34(54-2)16-8-30)41-25-27-43(51-41)48(32-11-19-36(56-4)20-12-32)44-28-26-42(52-44)47(40-24-22-38(45)50-40)31-9-17-35(55-3)18-10-31/h5-21,23,26,28,38,41,49-52H,22,24-25,27H2,1-4H3/b45-37-,46-39+,47-40-,48-43-. The number of fused-ring (bicyclic) bond motifs is 8. The molecule has 8 nitrogen and oxygen atoms in total. The fraction of sp³-hybridized carbons (Fsp3) is 0.208. The first kappa shape index (κ1) is 35.2. The van der Waals surface area contributed by atoms with Crippen LogP contribution >= 0.6 is 0 Å². The SMILES string of the molecule is COc1ccc(/C2=C3\CCC(N3)/C(c3ccc(OC)cc3)=c3/cc/c([nH]3)=C(/c3ccc(OC)cc3)C3CC/C(=C(\c4ccc(OC)cc4)c4ccc2[nH]4)N3)cc1. The number of aromatic amines is 2. The molecule has 3 aliphatic rings. The van der Waals surface area contributed by atoms with E-state index in [9.17, 15) is 0 Å². The number of nitrogens with one attached hydrogen (secondary N) is 4. The minimum Gasteiger partial charge on any atom is -0.497 e. The van der Waals surface area contributed by atoms with E-state index in [0.717, 1.165) is 104 Å². The van der Waals surface area contributed by atoms with Gasteiger partial charge >= 0.3 is 0 Å². The van der Waals surface area contributed by atoms with Gasteiger partial charge in [-0.1, -0.05) is 48.5 Å². The number of hydrogen-bond acceptors (Lipinski definition) is 6. The molecule has 2 atom stereocenters. The molecule has 4 aromatic carbocycles. The molecular formula is C48H46N4O4. The van der Waals surface area contributed by atoms with Crippen molar-refractivity contribution < 1.29 is 18.9 Å². The Balaban J connectivity index is 1.32. The summed E-state index contributed by atoms with van der Waals surface area (Å²) >= 11 is 0. The molecule has 4 N–H and O–H groups in total. The molecule has 6 aromatic rings. The zero-order chi connectivity index (χ0) is 38.2. The third-order valence-electron chi connectivity index (χ3n) is 11.4. The molecule has 56 heavy (non-hydrogen) atoms. The van der Waals surface area contributed by atoms with Gasteiger partial charge in [0.1, 0.15) is 23.0 Å². The molecule has 0 radical (unpaired) electrons. The number of methoxy groups -OCH3 is 4. The Morgan fingerprint density at radius 2 is 0.732 bits per heavy atom. The van der Waals surface area contributed by atoms with Crippen molar-refractivity contribution in [2.75, 3.05) is 28.4 Å². The summed E-state index contributed by atoms with van der Waals surface area (Å²) in [6.07, 6.45) is 3.62. The van der Waals surface area contributed by atoms with Crippen molar-refractivity contribution >= 4 is 22.3 Å². The van der Waals surface area contributed by atoms with Gasteiger partial charge in [-0.2, -0.15) is 0 Å². The number of ether oxygens (including phenoxy) is 4. The fourth-order valence-electron chi connectivity index (χ4n) is 8.64. The van der Waals surface area contributed by atoms with Gasteiger partial charge in [-0.05, 0) is 121 Å². The first-order valence-electron chi connectivity index (χ1n) is 19.2. The Hall–Kier alpha value is -6.54. The average molecular weight is 743 g/mol. The van der Waals surface area contributed by atoms with Crippen LogP contribution in [-0.4, -0.2) is 50.5 Å². The van der Waals surface area contributed by atoms with Crippen LogP contribution in [0.25, 0.3) is 22.3 Å². The maximum absolute atomic E-state index is 5.57. The van der Waals surface area contributed by atoms with Crippen LogP contribution in [0, 0.1) is 0 Å². The molecular weight excluding hydrogens is 697 g/mol. The van der Waals surface area contributed by atoms with Gasteiger partial charge in [0.2, 0.25) is 0 Å². The minimum atomic E-state index is 0.0517. The van der Waals surface area contributed by atoms with E-state index < -0.39 is 0 Å². The van der Waals surface area contributed by atoms with Crippen LogP contribution in [-0.2, 0) is 0 Å². The number of hydrogen-bond donors (Lipinski definition) is 4. The molecule has 0 spiro atoms. The average Bonchev–Trinajstić information content (AvgIpc) is 4.10. The van der Waals surface area contributed by atoms with Gasteiger partial charge in [-0.3, -0.25) is 0 Å². The Morgan fingerprint density at radius 1 is 0.393 bits per heavy atom. The normalized spacial score (nSPS) is 22.3. The van der Waals surface area contributed by atoms with E-state index in [2.05, 4.69) is 93.4 Å². The van der Waals surface area contributed by atoms with E-state index in [-0.39, 0.29) is 12.1 Å². The highest BCUT2D eigenvalue weighted by Gasteiger charge is 2.31. The van der Waals surface area contributed by atoms with Crippen LogP contribution in [0.5, 0.6) is 23.0 Å². The van der Waals surface area contributed by atoms with Gasteiger partial charge < -0.3 is 39.5 Å². The molecule has 2 saturated heterocycles. The molecule has 2 fully saturated rings. The Labute approximate surface area is 327 Å². The third kappa shape index (κ3) is 6.51. The van der Waals surface area contributed by atoms with Crippen LogP contribution in [0.2, 0.25) is 0 Å². The second kappa shape index (κ2) is 14.9. The van der Waals surface area contributed by atoms with Gasteiger partial charge in [-0.25, -0.2) is 0 Å². The molecule has 8 heteroatoms. The smallest absolute Gasteiger partial charge is 0.118 e. The quantitative estimate of drug-likeness (QED) is 0.129. The highest BCUT2D eigenvalue weighted by atomic mass is 16.5. The van der Waals surface area contributed by atoms with Crippen LogP contribution < -0.4 is 40.3 Å². The van der Waals surface area contributed by atoms with Gasteiger partial charge in [-0.15, -0.1) is 0 Å². The minimum absolute atomic E-state index is 0.0517. The largest absolute Gasteiger partial charge is 0.497 e. The van der Waals surface area contributed by atoms with Crippen molar-refractivity contribution in [2.24, 2.45) is 0 Å². The van der Waals surface area contributed by atoms with Crippen LogP contribution in [0.1, 0.15) is 59.3 Å². The van der Waals surface area contributed by atoms with Crippen LogP contribution in [0.3, 0.4) is 0 Å². The fourth-order valence-corrected chi connectivity index (χ4v) is 8.64.